The fourth-order valence-corrected chi connectivity index (χ4v) is 3.66. The fourth-order valence-electron chi connectivity index (χ4n) is 3.66. The van der Waals surface area contributed by atoms with Crippen LogP contribution in [0.1, 0.15) is 30.3 Å². The Morgan fingerprint density at radius 1 is 1.29 bits per heavy atom. The van der Waals surface area contributed by atoms with E-state index in [1.54, 1.807) is 25.4 Å². The van der Waals surface area contributed by atoms with Gasteiger partial charge in [0.25, 0.3) is 0 Å². The van der Waals surface area contributed by atoms with Gasteiger partial charge in [0.05, 0.1) is 18.3 Å². The second-order valence-corrected chi connectivity index (χ2v) is 7.38. The third kappa shape index (κ3) is 5.17. The molecule has 10 heteroatoms. The molecule has 1 aliphatic heterocycles. The predicted molar refractivity (Wildman–Crippen MR) is 114 cm³/mol. The highest BCUT2D eigenvalue weighted by molar-refractivity contribution is 5.55. The minimum atomic E-state index is -0.139. The molecule has 3 heterocycles. The molecule has 1 atom stereocenters. The molecule has 1 aromatic carbocycles. The molecule has 0 amide bonds. The van der Waals surface area contributed by atoms with Crippen LogP contribution in [-0.4, -0.2) is 52.0 Å². The maximum Gasteiger partial charge on any atom is 0.244 e. The molecule has 4 rings (SSSR count). The molecule has 1 fully saturated rings. The van der Waals surface area contributed by atoms with Crippen molar-refractivity contribution in [3.63, 3.8) is 0 Å². The monoisotopic (exact) mass is 425 g/mol. The van der Waals surface area contributed by atoms with E-state index >= 15 is 0 Å². The third-order valence-electron chi connectivity index (χ3n) is 5.27. The summed E-state index contributed by atoms with van der Waals surface area (Å²) >= 11 is 0. The largest absolute Gasteiger partial charge is 0.733 e. The molecule has 3 aromatic rings. The normalized spacial score (nSPS) is 16.5. The quantitative estimate of drug-likeness (QED) is 0.390. The second-order valence-electron chi connectivity index (χ2n) is 7.38. The third-order valence-corrected chi connectivity index (χ3v) is 5.27. The zero-order valence-corrected chi connectivity index (χ0v) is 17.3. The number of hydrogen-bond donors (Lipinski definition) is 2. The maximum absolute atomic E-state index is 11.0. The number of methoxy groups -OCH3 is 1. The summed E-state index contributed by atoms with van der Waals surface area (Å²) in [4.78, 5) is 11.3. The summed E-state index contributed by atoms with van der Waals surface area (Å²) in [7, 11) is 1.66. The number of rotatable bonds is 9. The lowest BCUT2D eigenvalue weighted by Crippen LogP contribution is -2.23. The number of aromatic nitrogens is 3. The summed E-state index contributed by atoms with van der Waals surface area (Å²) in [6, 6.07) is 10.7. The zero-order chi connectivity index (χ0) is 21.6. The zero-order valence-electron chi connectivity index (χ0n) is 17.3. The summed E-state index contributed by atoms with van der Waals surface area (Å²) in [5.74, 6) is 1.87. The Morgan fingerprint density at radius 2 is 2.13 bits per heavy atom. The summed E-state index contributed by atoms with van der Waals surface area (Å²) in [5.41, 5.74) is 2.04. The number of likely N-dealkylation sites (tertiary alicyclic amines) is 1. The van der Waals surface area contributed by atoms with Crippen molar-refractivity contribution in [1.82, 2.24) is 20.0 Å². The summed E-state index contributed by atoms with van der Waals surface area (Å²) in [6.07, 6.45) is 3.69. The van der Waals surface area contributed by atoms with Gasteiger partial charge in [-0.2, -0.15) is 4.98 Å². The van der Waals surface area contributed by atoms with Gasteiger partial charge in [-0.15, -0.1) is 0 Å². The van der Waals surface area contributed by atoms with E-state index in [1.807, 2.05) is 24.3 Å². The van der Waals surface area contributed by atoms with Crippen LogP contribution < -0.4 is 10.5 Å². The van der Waals surface area contributed by atoms with Gasteiger partial charge in [0, 0.05) is 32.0 Å². The van der Waals surface area contributed by atoms with Crippen molar-refractivity contribution in [3.05, 3.63) is 59.3 Å². The predicted octanol–water partition coefficient (Wildman–Crippen LogP) is 3.22. The first-order valence-corrected chi connectivity index (χ1v) is 10.2. The first-order chi connectivity index (χ1) is 15.1. The van der Waals surface area contributed by atoms with Crippen LogP contribution in [0.4, 0.5) is 11.5 Å². The molecule has 10 nitrogen and oxygen atoms in total. The van der Waals surface area contributed by atoms with Crippen molar-refractivity contribution >= 4 is 11.5 Å². The summed E-state index contributed by atoms with van der Waals surface area (Å²) < 4.78 is 10.6. The van der Waals surface area contributed by atoms with Gasteiger partial charge < -0.3 is 25.0 Å². The highest BCUT2D eigenvalue weighted by Crippen LogP contribution is 2.33. The first-order valence-electron chi connectivity index (χ1n) is 10.2. The number of pyridine rings is 1. The summed E-state index contributed by atoms with van der Waals surface area (Å²) in [6.45, 7) is 2.90. The molecule has 0 spiro atoms. The number of hydrogen-bond acceptors (Lipinski definition) is 10. The molecule has 0 aliphatic carbocycles. The van der Waals surface area contributed by atoms with Crippen molar-refractivity contribution < 1.29 is 14.5 Å². The lowest BCUT2D eigenvalue weighted by atomic mass is 10.1. The van der Waals surface area contributed by atoms with Crippen LogP contribution in [0.2, 0.25) is 0 Å². The average Bonchev–Trinajstić information content (AvgIpc) is 3.44. The Bertz CT molecular complexity index is 961. The number of ether oxygens (including phenoxy) is 1. The molecular formula is C21H25N6O4-. The highest BCUT2D eigenvalue weighted by Gasteiger charge is 2.30. The second kappa shape index (κ2) is 9.84. The van der Waals surface area contributed by atoms with Crippen molar-refractivity contribution in [1.29, 1.82) is 0 Å². The van der Waals surface area contributed by atoms with Crippen LogP contribution >= 0.6 is 0 Å². The molecule has 0 saturated carbocycles. The van der Waals surface area contributed by atoms with E-state index in [0.29, 0.717) is 31.4 Å². The van der Waals surface area contributed by atoms with E-state index in [-0.39, 0.29) is 17.0 Å². The highest BCUT2D eigenvalue weighted by atomic mass is 16.8. The average molecular weight is 425 g/mol. The van der Waals surface area contributed by atoms with E-state index in [0.717, 1.165) is 36.3 Å². The molecular weight excluding hydrogens is 400 g/mol. The van der Waals surface area contributed by atoms with E-state index in [1.165, 1.54) is 0 Å². The maximum atomic E-state index is 11.0. The van der Waals surface area contributed by atoms with Crippen LogP contribution in [0.5, 0.6) is 0 Å². The van der Waals surface area contributed by atoms with Crippen LogP contribution in [0.25, 0.3) is 11.4 Å². The van der Waals surface area contributed by atoms with E-state index < -0.39 is 0 Å². The number of nitrogens with one attached hydrogen (secondary N) is 1. The molecule has 31 heavy (non-hydrogen) atoms. The SMILES string of the molecule is COCCNc1ccc(-c2noc([C@H]3CCCN3Cc3ccc(N([O-])O)cc3)n2)cn1. The number of benzene rings is 1. The van der Waals surface area contributed by atoms with Crippen LogP contribution in [0.15, 0.2) is 47.1 Å². The first kappa shape index (κ1) is 21.2. The van der Waals surface area contributed by atoms with Gasteiger partial charge >= 0.3 is 0 Å². The topological polar surface area (TPSA) is 123 Å². The molecule has 1 aliphatic rings. The Labute approximate surface area is 180 Å². The lowest BCUT2D eigenvalue weighted by molar-refractivity contribution is 0.201. The molecule has 1 saturated heterocycles. The Kier molecular flexibility index (Phi) is 6.73. The Balaban J connectivity index is 1.41. The van der Waals surface area contributed by atoms with Crippen LogP contribution in [0, 0.1) is 5.21 Å². The number of nitrogens with zero attached hydrogens (tertiary/aromatic N) is 5. The van der Waals surface area contributed by atoms with E-state index in [4.69, 9.17) is 14.5 Å². The standard InChI is InChI=1S/C21H25N6O4/c1-30-12-10-22-19-9-6-16(13-23-19)20-24-21(31-25-20)18-3-2-11-26(18)14-15-4-7-17(8-5-15)27(28)29/h4-9,13,18,28H,2-3,10-12,14H2,1H3,(H,22,23)/q-1/t18-/m1/s1. The Hall–Kier alpha value is -3.05. The molecule has 2 N–H and O–H groups in total. The molecule has 0 unspecified atom stereocenters. The molecule has 0 radical (unpaired) electrons. The van der Waals surface area contributed by atoms with Crippen molar-refractivity contribution in [3.8, 4) is 11.4 Å². The smallest absolute Gasteiger partial charge is 0.244 e. The van der Waals surface area contributed by atoms with Crippen LogP contribution in [0.3, 0.4) is 0 Å². The molecule has 164 valence electrons. The van der Waals surface area contributed by atoms with Crippen LogP contribution in [-0.2, 0) is 11.3 Å². The van der Waals surface area contributed by atoms with Gasteiger partial charge in [0.2, 0.25) is 11.7 Å². The Morgan fingerprint density at radius 3 is 2.84 bits per heavy atom. The van der Waals surface area contributed by atoms with Crippen molar-refractivity contribution in [2.24, 2.45) is 0 Å². The van der Waals surface area contributed by atoms with Gasteiger partial charge in [0.1, 0.15) is 5.82 Å². The summed E-state index contributed by atoms with van der Waals surface area (Å²) in [5, 5.41) is 27.1. The minimum absolute atomic E-state index is 0.0396. The molecule has 2 aromatic heterocycles. The van der Waals surface area contributed by atoms with E-state index in [9.17, 15) is 5.21 Å². The van der Waals surface area contributed by atoms with Crippen molar-refractivity contribution in [2.45, 2.75) is 25.4 Å². The fraction of sp³-hybridized carbons (Fsp3) is 0.381. The number of anilines is 2. The van der Waals surface area contributed by atoms with Crippen molar-refractivity contribution in [2.75, 3.05) is 37.3 Å². The lowest BCUT2D eigenvalue weighted by Gasteiger charge is -2.23. The molecule has 0 bridgehead atoms. The van der Waals surface area contributed by atoms with Gasteiger partial charge in [-0.25, -0.2) is 4.98 Å². The van der Waals surface area contributed by atoms with Gasteiger partial charge in [-0.1, -0.05) is 17.3 Å². The van der Waals surface area contributed by atoms with Gasteiger partial charge in [0.15, 0.2) is 0 Å². The van der Waals surface area contributed by atoms with Gasteiger partial charge in [-0.05, 0) is 49.2 Å². The minimum Gasteiger partial charge on any atom is -0.733 e. The van der Waals surface area contributed by atoms with Gasteiger partial charge in [-0.3, -0.25) is 10.1 Å². The van der Waals surface area contributed by atoms with E-state index in [2.05, 4.69) is 25.3 Å².